The SMILES string of the molecule is Cn1nc(-c2sccc2Cl)cc1N. The van der Waals surface area contributed by atoms with E-state index in [-0.39, 0.29) is 0 Å². The van der Waals surface area contributed by atoms with Crippen molar-refractivity contribution >= 4 is 28.8 Å². The molecule has 2 N–H and O–H groups in total. The molecule has 0 saturated heterocycles. The van der Waals surface area contributed by atoms with Crippen molar-refractivity contribution in [2.75, 3.05) is 5.73 Å². The molecule has 2 heterocycles. The molecule has 0 amide bonds. The fourth-order valence-corrected chi connectivity index (χ4v) is 2.18. The standard InChI is InChI=1S/C8H8ClN3S/c1-12-7(10)4-6(11-12)8-5(9)2-3-13-8/h2-4H,10H2,1H3. The summed E-state index contributed by atoms with van der Waals surface area (Å²) in [6.45, 7) is 0. The predicted octanol–water partition coefficient (Wildman–Crippen LogP) is 2.38. The number of nitrogen functional groups attached to an aromatic ring is 1. The van der Waals surface area contributed by atoms with E-state index >= 15 is 0 Å². The van der Waals surface area contributed by atoms with E-state index in [1.165, 1.54) is 0 Å². The first-order valence-electron chi connectivity index (χ1n) is 3.71. The number of nitrogens with two attached hydrogens (primary N) is 1. The fourth-order valence-electron chi connectivity index (χ4n) is 1.07. The van der Waals surface area contributed by atoms with Crippen molar-refractivity contribution in [1.82, 2.24) is 9.78 Å². The van der Waals surface area contributed by atoms with Gasteiger partial charge in [0.05, 0.1) is 9.90 Å². The Morgan fingerprint density at radius 1 is 1.62 bits per heavy atom. The van der Waals surface area contributed by atoms with Crippen LogP contribution >= 0.6 is 22.9 Å². The summed E-state index contributed by atoms with van der Waals surface area (Å²) in [4.78, 5) is 0.967. The average Bonchev–Trinajstić information content (AvgIpc) is 2.60. The third kappa shape index (κ3) is 1.43. The number of rotatable bonds is 1. The third-order valence-corrected chi connectivity index (χ3v) is 3.13. The largest absolute Gasteiger partial charge is 0.384 e. The highest BCUT2D eigenvalue weighted by molar-refractivity contribution is 7.14. The Morgan fingerprint density at radius 3 is 2.85 bits per heavy atom. The minimum absolute atomic E-state index is 0.638. The number of nitrogens with zero attached hydrogens (tertiary/aromatic N) is 2. The van der Waals surface area contributed by atoms with Crippen molar-refractivity contribution in [1.29, 1.82) is 0 Å². The highest BCUT2D eigenvalue weighted by Crippen LogP contribution is 2.32. The summed E-state index contributed by atoms with van der Waals surface area (Å²) < 4.78 is 1.63. The second kappa shape index (κ2) is 3.05. The van der Waals surface area contributed by atoms with E-state index in [0.29, 0.717) is 5.82 Å². The molecule has 0 fully saturated rings. The van der Waals surface area contributed by atoms with Crippen molar-refractivity contribution in [2.24, 2.45) is 7.05 Å². The fraction of sp³-hybridized carbons (Fsp3) is 0.125. The average molecular weight is 214 g/mol. The lowest BCUT2D eigenvalue weighted by atomic mass is 10.3. The van der Waals surface area contributed by atoms with Gasteiger partial charge in [-0.05, 0) is 11.4 Å². The molecule has 13 heavy (non-hydrogen) atoms. The van der Waals surface area contributed by atoms with Crippen molar-refractivity contribution in [3.05, 3.63) is 22.5 Å². The highest BCUT2D eigenvalue weighted by atomic mass is 35.5. The monoisotopic (exact) mass is 213 g/mol. The molecule has 3 nitrogen and oxygen atoms in total. The predicted molar refractivity (Wildman–Crippen MR) is 55.9 cm³/mol. The molecule has 5 heteroatoms. The molecule has 0 aliphatic carbocycles. The summed E-state index contributed by atoms with van der Waals surface area (Å²) in [7, 11) is 1.81. The molecule has 0 spiro atoms. The first-order chi connectivity index (χ1) is 6.18. The molecule has 0 aromatic carbocycles. The molecular weight excluding hydrogens is 206 g/mol. The maximum Gasteiger partial charge on any atom is 0.121 e. The Bertz CT molecular complexity index is 413. The molecule has 2 aromatic rings. The number of thiophene rings is 1. The molecule has 2 rings (SSSR count). The normalized spacial score (nSPS) is 10.6. The molecule has 0 atom stereocenters. The van der Waals surface area contributed by atoms with Crippen LogP contribution in [0, 0.1) is 0 Å². The van der Waals surface area contributed by atoms with Crippen LogP contribution in [0.15, 0.2) is 17.5 Å². The van der Waals surface area contributed by atoms with E-state index in [0.717, 1.165) is 15.6 Å². The molecule has 0 aliphatic rings. The second-order valence-corrected chi connectivity index (χ2v) is 4.00. The molecule has 2 aromatic heterocycles. The van der Waals surface area contributed by atoms with Gasteiger partial charge in [-0.1, -0.05) is 11.6 Å². The highest BCUT2D eigenvalue weighted by Gasteiger charge is 2.09. The molecule has 0 aliphatic heterocycles. The first kappa shape index (κ1) is 8.59. The maximum atomic E-state index is 5.96. The van der Waals surface area contributed by atoms with Gasteiger partial charge in [0.15, 0.2) is 0 Å². The van der Waals surface area contributed by atoms with Gasteiger partial charge in [0, 0.05) is 13.1 Å². The van der Waals surface area contributed by atoms with E-state index in [2.05, 4.69) is 5.10 Å². The first-order valence-corrected chi connectivity index (χ1v) is 4.97. The Morgan fingerprint density at radius 2 is 2.38 bits per heavy atom. The van der Waals surface area contributed by atoms with E-state index in [9.17, 15) is 0 Å². The Kier molecular flexibility index (Phi) is 2.01. The van der Waals surface area contributed by atoms with Crippen LogP contribution in [0.2, 0.25) is 5.02 Å². The molecule has 0 saturated carbocycles. The summed E-state index contributed by atoms with van der Waals surface area (Å²) in [6, 6.07) is 3.67. The zero-order chi connectivity index (χ0) is 9.42. The molecular formula is C8H8ClN3S. The van der Waals surface area contributed by atoms with Crippen molar-refractivity contribution in [3.8, 4) is 10.6 Å². The number of hydrogen-bond acceptors (Lipinski definition) is 3. The zero-order valence-corrected chi connectivity index (χ0v) is 8.56. The number of aryl methyl sites for hydroxylation is 1. The molecule has 0 unspecified atom stereocenters. The zero-order valence-electron chi connectivity index (χ0n) is 6.99. The smallest absolute Gasteiger partial charge is 0.121 e. The van der Waals surface area contributed by atoms with Crippen molar-refractivity contribution < 1.29 is 0 Å². The van der Waals surface area contributed by atoms with Crippen LogP contribution in [0.1, 0.15) is 0 Å². The summed E-state index contributed by atoms with van der Waals surface area (Å²) in [5.41, 5.74) is 6.49. The summed E-state index contributed by atoms with van der Waals surface area (Å²) >= 11 is 7.52. The van der Waals surface area contributed by atoms with Crippen LogP contribution in [0.25, 0.3) is 10.6 Å². The van der Waals surface area contributed by atoms with Crippen LogP contribution in [-0.4, -0.2) is 9.78 Å². The van der Waals surface area contributed by atoms with Gasteiger partial charge in [0.2, 0.25) is 0 Å². The summed E-state index contributed by atoms with van der Waals surface area (Å²) in [5, 5.41) is 6.89. The Hall–Kier alpha value is -1.00. The van der Waals surface area contributed by atoms with Crippen LogP contribution in [0.4, 0.5) is 5.82 Å². The number of aromatic nitrogens is 2. The van der Waals surface area contributed by atoms with Gasteiger partial charge in [0.1, 0.15) is 11.5 Å². The minimum Gasteiger partial charge on any atom is -0.384 e. The Balaban J connectivity index is 2.53. The maximum absolute atomic E-state index is 5.96. The van der Waals surface area contributed by atoms with Gasteiger partial charge in [-0.15, -0.1) is 11.3 Å². The van der Waals surface area contributed by atoms with E-state index < -0.39 is 0 Å². The van der Waals surface area contributed by atoms with Gasteiger partial charge in [-0.3, -0.25) is 4.68 Å². The lowest BCUT2D eigenvalue weighted by molar-refractivity contribution is 0.783. The number of anilines is 1. The van der Waals surface area contributed by atoms with Gasteiger partial charge in [0.25, 0.3) is 0 Å². The van der Waals surface area contributed by atoms with Gasteiger partial charge >= 0.3 is 0 Å². The van der Waals surface area contributed by atoms with E-state index in [4.69, 9.17) is 17.3 Å². The van der Waals surface area contributed by atoms with Crippen LogP contribution in [-0.2, 0) is 7.05 Å². The van der Waals surface area contributed by atoms with E-state index in [1.807, 2.05) is 17.5 Å². The van der Waals surface area contributed by atoms with Crippen LogP contribution < -0.4 is 5.73 Å². The Labute approximate surface area is 84.7 Å². The van der Waals surface area contributed by atoms with Crippen LogP contribution in [0.5, 0.6) is 0 Å². The lowest BCUT2D eigenvalue weighted by Crippen LogP contribution is -1.96. The van der Waals surface area contributed by atoms with Gasteiger partial charge in [-0.2, -0.15) is 5.10 Å². The second-order valence-electron chi connectivity index (χ2n) is 2.68. The van der Waals surface area contributed by atoms with Crippen LogP contribution in [0.3, 0.4) is 0 Å². The quantitative estimate of drug-likeness (QED) is 0.791. The van der Waals surface area contributed by atoms with Crippen molar-refractivity contribution in [3.63, 3.8) is 0 Å². The number of hydrogen-bond donors (Lipinski definition) is 1. The minimum atomic E-state index is 0.638. The number of halogens is 1. The van der Waals surface area contributed by atoms with Gasteiger partial charge in [-0.25, -0.2) is 0 Å². The summed E-state index contributed by atoms with van der Waals surface area (Å²) in [5.74, 6) is 0.638. The summed E-state index contributed by atoms with van der Waals surface area (Å²) in [6.07, 6.45) is 0. The van der Waals surface area contributed by atoms with Crippen molar-refractivity contribution in [2.45, 2.75) is 0 Å². The molecule has 0 radical (unpaired) electrons. The lowest BCUT2D eigenvalue weighted by Gasteiger charge is -1.90. The van der Waals surface area contributed by atoms with E-state index in [1.54, 1.807) is 23.1 Å². The van der Waals surface area contributed by atoms with Gasteiger partial charge < -0.3 is 5.73 Å². The topological polar surface area (TPSA) is 43.8 Å². The molecule has 0 bridgehead atoms. The molecule has 68 valence electrons. The third-order valence-electron chi connectivity index (χ3n) is 1.77.